The van der Waals surface area contributed by atoms with E-state index in [4.69, 9.17) is 35.0 Å². The van der Waals surface area contributed by atoms with Crippen molar-refractivity contribution in [2.75, 3.05) is 0 Å². The first kappa shape index (κ1) is 82.6. The number of ether oxygens (including phenoxy) is 4. The van der Waals surface area contributed by atoms with Crippen LogP contribution in [0.3, 0.4) is 0 Å². The van der Waals surface area contributed by atoms with Gasteiger partial charge in [0, 0.05) is 55.1 Å². The largest absolute Gasteiger partial charge is 0.462 e. The molecule has 3 amide bonds. The Balaban J connectivity index is 0.000000636. The number of hydrogen-bond donors (Lipinski definition) is 14. The Morgan fingerprint density at radius 1 is 0.768 bits per heavy atom. The lowest BCUT2D eigenvalue weighted by atomic mass is 9.82. The highest BCUT2D eigenvalue weighted by atomic mass is 32.2. The second kappa shape index (κ2) is 40.8. The van der Waals surface area contributed by atoms with Gasteiger partial charge in [-0.15, -0.1) is 0 Å². The van der Waals surface area contributed by atoms with Gasteiger partial charge < -0.3 is 92.1 Å². The molecule has 1 aromatic carbocycles. The van der Waals surface area contributed by atoms with Gasteiger partial charge in [0.2, 0.25) is 17.7 Å². The highest BCUT2D eigenvalue weighted by Gasteiger charge is 2.50. The second-order valence-corrected chi connectivity index (χ2v) is 25.7. The molecule has 2 bridgehead atoms. The third-order valence-electron chi connectivity index (χ3n) is 16.3. The Kier molecular flexibility index (Phi) is 35.5. The van der Waals surface area contributed by atoms with E-state index in [0.717, 1.165) is 29.3 Å². The van der Waals surface area contributed by atoms with Crippen molar-refractivity contribution in [3.63, 3.8) is 0 Å². The summed E-state index contributed by atoms with van der Waals surface area (Å²) in [6.07, 6.45) is 10.4. The van der Waals surface area contributed by atoms with Crippen LogP contribution >= 0.6 is 0 Å². The number of carbonyl (C=O) groups excluding carboxylic acids is 4. The number of rotatable bonds is 8. The maximum absolute atomic E-state index is 12.7. The summed E-state index contributed by atoms with van der Waals surface area (Å²) in [4.78, 5) is 49.5. The molecule has 25 nitrogen and oxygen atoms in total. The van der Waals surface area contributed by atoms with Crippen molar-refractivity contribution in [1.82, 2.24) is 4.90 Å². The first-order chi connectivity index (χ1) is 44.7. The zero-order chi connectivity index (χ0) is 71.3. The lowest BCUT2D eigenvalue weighted by Crippen LogP contribution is -2.61. The minimum atomic E-state index is -4.28. The third-order valence-corrected chi connectivity index (χ3v) is 17.4. The highest BCUT2D eigenvalue weighted by molar-refractivity contribution is 7.87. The summed E-state index contributed by atoms with van der Waals surface area (Å²) in [5.41, 5.74) is 19.9. The predicted octanol–water partition coefficient (Wildman–Crippen LogP) is 2.67. The highest BCUT2D eigenvalue weighted by Crippen LogP contribution is 2.38. The van der Waals surface area contributed by atoms with Gasteiger partial charge in [0.25, 0.3) is 10.1 Å². The molecule has 1 aromatic rings. The Morgan fingerprint density at radius 2 is 1.36 bits per heavy atom. The van der Waals surface area contributed by atoms with Gasteiger partial charge in [-0.1, -0.05) is 155 Å². The lowest BCUT2D eigenvalue weighted by molar-refractivity contribution is -0.307. The monoisotopic (exact) mass is 1350 g/mol. The van der Waals surface area contributed by atoms with Crippen LogP contribution in [0.25, 0.3) is 0 Å². The van der Waals surface area contributed by atoms with Gasteiger partial charge in [0.05, 0.1) is 97.8 Å². The van der Waals surface area contributed by atoms with Crippen molar-refractivity contribution in [3.05, 3.63) is 157 Å². The molecule has 4 aliphatic heterocycles. The fourth-order valence-electron chi connectivity index (χ4n) is 10.5. The van der Waals surface area contributed by atoms with E-state index in [9.17, 15) is 78.7 Å². The normalized spacial score (nSPS) is 36.4. The minimum absolute atomic E-state index is 0.0842. The van der Waals surface area contributed by atoms with Gasteiger partial charge in [0.15, 0.2) is 17.3 Å². The molecule has 0 aliphatic carbocycles. The van der Waals surface area contributed by atoms with Crippen molar-refractivity contribution in [1.29, 1.82) is 0 Å². The number of primary amides is 2. The summed E-state index contributed by atoms with van der Waals surface area (Å²) in [6.45, 7) is 16.0. The molecule has 4 heterocycles. The number of fused-ring (bicyclic) bond motifs is 3. The number of aliphatic hydroxyl groups is 10. The average Bonchev–Trinajstić information content (AvgIpc) is 0.794. The van der Waals surface area contributed by atoms with Crippen molar-refractivity contribution in [3.8, 4) is 11.8 Å². The van der Waals surface area contributed by atoms with E-state index in [1.165, 1.54) is 0 Å². The number of aliphatic hydroxyl groups excluding tert-OH is 9. The number of benzene rings is 1. The Labute approximate surface area is 557 Å². The molecule has 0 spiro atoms. The zero-order valence-electron chi connectivity index (χ0n) is 55.0. The van der Waals surface area contributed by atoms with E-state index in [1.54, 1.807) is 86.4 Å². The topological polar surface area (TPSA) is 443 Å². The first-order valence-corrected chi connectivity index (χ1v) is 33.1. The molecular weight excluding hydrogens is 1250 g/mol. The summed E-state index contributed by atoms with van der Waals surface area (Å²) in [7, 11) is -4.28. The number of amides is 3. The SMILES string of the molecule is C=C/C1=C(\C=C/C)N(C(=O)CC)Cc2ccccc2C#C1.CC(C(N)=O)S(=O)(=O)O.CC1/C=C/C=C/C=C/C=C/C=C/C=C/C=C/C(OC2OC(C)C(O)C(N)C2O)CC2OC(O)(CC(O)CC(O)C(O)CCC(O)CC(O)CC(=O)OC(C)C(C)C1O)CC(O)C2C(N)=O. The Hall–Kier alpha value is -6.59. The Bertz CT molecular complexity index is 3110. The van der Waals surface area contributed by atoms with Crippen molar-refractivity contribution in [2.45, 2.75) is 216 Å². The molecule has 2 saturated heterocycles. The summed E-state index contributed by atoms with van der Waals surface area (Å²) < 4.78 is 51.5. The summed E-state index contributed by atoms with van der Waals surface area (Å²) in [5.74, 6) is -0.690. The van der Waals surface area contributed by atoms with Gasteiger partial charge in [-0.05, 0) is 64.7 Å². The van der Waals surface area contributed by atoms with Crippen molar-refractivity contribution in [2.24, 2.45) is 35.0 Å². The van der Waals surface area contributed by atoms with Gasteiger partial charge in [-0.25, -0.2) is 0 Å². The summed E-state index contributed by atoms with van der Waals surface area (Å²) in [6, 6.07) is 6.82. The molecule has 0 radical (unpaired) electrons. The van der Waals surface area contributed by atoms with Gasteiger partial charge in [-0.2, -0.15) is 8.42 Å². The number of nitrogens with zero attached hydrogens (tertiary/aromatic N) is 1. The van der Waals surface area contributed by atoms with E-state index >= 15 is 0 Å². The molecule has 20 unspecified atom stereocenters. The van der Waals surface area contributed by atoms with Gasteiger partial charge in [0.1, 0.15) is 12.2 Å². The van der Waals surface area contributed by atoms with Gasteiger partial charge in [-0.3, -0.25) is 23.7 Å². The van der Waals surface area contributed by atoms with E-state index in [0.29, 0.717) is 13.0 Å². The molecule has 0 saturated carbocycles. The minimum Gasteiger partial charge on any atom is -0.462 e. The van der Waals surface area contributed by atoms with Crippen LogP contribution in [0.4, 0.5) is 0 Å². The van der Waals surface area contributed by atoms with E-state index in [2.05, 4.69) is 24.2 Å². The second-order valence-electron chi connectivity index (χ2n) is 23.9. The summed E-state index contributed by atoms with van der Waals surface area (Å²) >= 11 is 0. The predicted molar refractivity (Wildman–Crippen MR) is 355 cm³/mol. The first-order valence-electron chi connectivity index (χ1n) is 31.6. The van der Waals surface area contributed by atoms with Crippen LogP contribution in [0.1, 0.15) is 117 Å². The number of cyclic esters (lactones) is 1. The molecule has 17 N–H and O–H groups in total. The number of allylic oxidation sites excluding steroid dienone is 16. The smallest absolute Gasteiger partial charge is 0.308 e. The molecule has 5 rings (SSSR count). The molecule has 26 heteroatoms. The molecule has 0 aromatic heterocycles. The van der Waals surface area contributed by atoms with Crippen LogP contribution < -0.4 is 17.2 Å². The maximum atomic E-state index is 12.7. The number of hydrogen-bond acceptors (Lipinski definition) is 21. The van der Waals surface area contributed by atoms with Crippen LogP contribution in [0, 0.1) is 29.6 Å². The van der Waals surface area contributed by atoms with Crippen LogP contribution in [0.2, 0.25) is 0 Å². The maximum Gasteiger partial charge on any atom is 0.308 e. The van der Waals surface area contributed by atoms with Crippen LogP contribution in [-0.2, 0) is 54.8 Å². The molecule has 20 atom stereocenters. The zero-order valence-corrected chi connectivity index (χ0v) is 55.8. The fourth-order valence-corrected chi connectivity index (χ4v) is 10.7. The molecular formula is C69H100N4O21S. The average molecular weight is 1350 g/mol. The van der Waals surface area contributed by atoms with Crippen molar-refractivity contribution < 1.29 is 102 Å². The van der Waals surface area contributed by atoms with E-state index in [1.807, 2.05) is 87.6 Å². The molecule has 528 valence electrons. The lowest BCUT2D eigenvalue weighted by Gasteiger charge is -2.45. The van der Waals surface area contributed by atoms with Crippen molar-refractivity contribution >= 4 is 33.8 Å². The van der Waals surface area contributed by atoms with Crippen LogP contribution in [0.5, 0.6) is 0 Å². The molecule has 4 aliphatic rings. The fraction of sp³-hybridized carbons (Fsp3) is 0.536. The third kappa shape index (κ3) is 27.8. The number of esters is 1. The quantitative estimate of drug-likeness (QED) is 0.101. The van der Waals surface area contributed by atoms with Crippen LogP contribution in [0.15, 0.2) is 145 Å². The summed E-state index contributed by atoms with van der Waals surface area (Å²) in [5, 5.41) is 107. The molecule has 2 fully saturated rings. The Morgan fingerprint density at radius 3 is 1.91 bits per heavy atom. The van der Waals surface area contributed by atoms with Crippen LogP contribution in [-0.4, -0.2) is 195 Å². The number of nitrogens with two attached hydrogens (primary N) is 3. The van der Waals surface area contributed by atoms with Gasteiger partial charge >= 0.3 is 5.97 Å². The molecule has 95 heavy (non-hydrogen) atoms. The standard InChI is InChI=1S/C47H74N2O16.C19H19NO.C3H7NO4S/c1-27-17-15-13-11-9-7-5-6-8-10-12-14-16-18-34(64-46-44(59)41(48)43(58)30(4)63-46)24-38-40(45(49)60)37(55)26-47(61,65-38)25-33(52)22-36(54)35(53)20-19-31(50)21-32(51)23-39(56)62-29(3)28(2)42(27)57;1-4-9-18-15(5-2)12-13-16-10-7-8-11-17(16)14-20(18)19(21)6-3;1-2(3(4)5)9(6,7)8/h5-18,27-38,40-44,46,50-55,57-59,61H,19-26,48H2,1-4H3,(H2,49,60);4-5,7-11H,2,6,14H2,1,3H3;2H,1H3,(H2,4,5)(H,6,7,8)/b6-5+,9-7+,10-8+,13-11+,14-12+,17-15+,18-16+;9-4-,18-15-;. The van der Waals surface area contributed by atoms with E-state index in [-0.39, 0.29) is 37.5 Å². The number of carbonyl (C=O) groups is 4. The van der Waals surface area contributed by atoms with E-state index < -0.39 is 168 Å².